The summed E-state index contributed by atoms with van der Waals surface area (Å²) in [5, 5.41) is 42.7. The Morgan fingerprint density at radius 2 is 1.33 bits per heavy atom. The van der Waals surface area contributed by atoms with Crippen LogP contribution in [0.5, 0.6) is 11.8 Å². The van der Waals surface area contributed by atoms with E-state index < -0.39 is 48.1 Å². The van der Waals surface area contributed by atoms with Crippen molar-refractivity contribution in [3.8, 4) is 11.8 Å². The molecular weight excluding hydrogens is 712 g/mol. The predicted octanol–water partition coefficient (Wildman–Crippen LogP) is -0.676. The fourth-order valence-corrected chi connectivity index (χ4v) is 7.30. The molecule has 4 unspecified atom stereocenters. The van der Waals surface area contributed by atoms with E-state index in [-0.39, 0.29) is 42.8 Å². The summed E-state index contributed by atoms with van der Waals surface area (Å²) in [7, 11) is 2.91. The van der Waals surface area contributed by atoms with Gasteiger partial charge in [0.25, 0.3) is 5.91 Å². The molecule has 2 spiro atoms. The maximum Gasteiger partial charge on any atom is 0.258 e. The van der Waals surface area contributed by atoms with E-state index in [2.05, 4.69) is 35.2 Å². The van der Waals surface area contributed by atoms with Gasteiger partial charge in [-0.1, -0.05) is 18.2 Å². The van der Waals surface area contributed by atoms with Gasteiger partial charge in [-0.25, -0.2) is 9.97 Å². The summed E-state index contributed by atoms with van der Waals surface area (Å²) in [5.74, 6) is 0.123. The second-order valence-corrected chi connectivity index (χ2v) is 13.0. The Kier molecular flexibility index (Phi) is 9.26. The SMILES string of the molecule is COc1nc(N)nc2c1ncn2C1OC(CO)[C@@H](O)[C@]12CCO2.COc1nc(NC(=O)c2ccccc2)nc2c1ncn2C1OC(CO)[C@@H](O)[C@]12CCO2. The number of nitrogens with zero attached hydrogens (tertiary/aromatic N) is 8. The van der Waals surface area contributed by atoms with Crippen LogP contribution in [0.25, 0.3) is 22.3 Å². The molecule has 0 radical (unpaired) electrons. The molecule has 8 heterocycles. The molecule has 9 rings (SSSR count). The second kappa shape index (κ2) is 13.9. The number of hydrogen-bond acceptors (Lipinski definition) is 18. The minimum absolute atomic E-state index is 0.0285. The van der Waals surface area contributed by atoms with Crippen molar-refractivity contribution in [1.29, 1.82) is 0 Å². The van der Waals surface area contributed by atoms with Crippen LogP contribution in [0.15, 0.2) is 43.0 Å². The van der Waals surface area contributed by atoms with E-state index in [1.54, 1.807) is 33.4 Å². The zero-order valence-corrected chi connectivity index (χ0v) is 29.0. The molecule has 0 bridgehead atoms. The number of hydrogen-bond donors (Lipinski definition) is 6. The van der Waals surface area contributed by atoms with Crippen molar-refractivity contribution in [3.63, 3.8) is 0 Å². The fourth-order valence-electron chi connectivity index (χ4n) is 7.30. The first-order valence-electron chi connectivity index (χ1n) is 17.0. The third-order valence-corrected chi connectivity index (χ3v) is 10.2. The Hall–Kier alpha value is -5.13. The standard InChI is InChI=1S/C20H21N5O6.C13H17N5O5/c1-29-17-13-15(22-19(24-17)23-16(28)11-5-3-2-4-6-11)25(10-21-13)18-20(7-8-30-20)14(27)12(9-26)31-18;1-21-10-7-9(16-12(14)17-10)18(5-15-7)11-13(2-3-22-13)8(20)6(4-19)23-11/h2-6,10,12,14,18,26-27H,7-9H2,1H3,(H,22,23,24,28);5-6,8,11,19-20H,2-4H2,1H3,(H2,14,16,17)/t12?,14-,18?,20-;6?,8-,11?,13-/m11/s1. The molecule has 54 heavy (non-hydrogen) atoms. The normalized spacial score (nSPS) is 29.9. The maximum absolute atomic E-state index is 12.6. The first kappa shape index (κ1) is 35.9. The van der Waals surface area contributed by atoms with Gasteiger partial charge in [0.05, 0.1) is 53.3 Å². The number of amides is 1. The van der Waals surface area contributed by atoms with E-state index in [0.717, 1.165) is 0 Å². The number of imidazole rings is 2. The lowest BCUT2D eigenvalue weighted by Crippen LogP contribution is -2.56. The van der Waals surface area contributed by atoms with Gasteiger partial charge >= 0.3 is 0 Å². The van der Waals surface area contributed by atoms with Gasteiger partial charge in [0.1, 0.15) is 35.6 Å². The van der Waals surface area contributed by atoms with Crippen LogP contribution >= 0.6 is 0 Å². The van der Waals surface area contributed by atoms with E-state index in [1.165, 1.54) is 26.9 Å². The van der Waals surface area contributed by atoms with Gasteiger partial charge in [0.15, 0.2) is 34.8 Å². The van der Waals surface area contributed by atoms with Crippen LogP contribution in [0.4, 0.5) is 11.9 Å². The zero-order chi connectivity index (χ0) is 37.8. The van der Waals surface area contributed by atoms with Gasteiger partial charge in [0, 0.05) is 18.4 Å². The van der Waals surface area contributed by atoms with Gasteiger partial charge in [-0.2, -0.15) is 19.9 Å². The molecule has 21 heteroatoms. The smallest absolute Gasteiger partial charge is 0.258 e. The molecule has 4 fully saturated rings. The number of carbonyl (C=O) groups is 1. The minimum Gasteiger partial charge on any atom is -0.479 e. The van der Waals surface area contributed by atoms with Crippen LogP contribution in [-0.2, 0) is 18.9 Å². The average Bonchev–Trinajstić information content (AvgIpc) is 3.91. The summed E-state index contributed by atoms with van der Waals surface area (Å²) < 4.78 is 36.9. The number of rotatable bonds is 8. The quantitative estimate of drug-likeness (QED) is 0.115. The molecule has 4 aromatic heterocycles. The first-order valence-corrected chi connectivity index (χ1v) is 17.0. The number of aliphatic hydroxyl groups is 4. The van der Waals surface area contributed by atoms with Crippen molar-refractivity contribution >= 4 is 40.1 Å². The third-order valence-electron chi connectivity index (χ3n) is 10.2. The number of nitrogens with two attached hydrogens (primary N) is 1. The van der Waals surface area contributed by atoms with E-state index in [4.69, 9.17) is 34.2 Å². The molecule has 1 aromatic carbocycles. The van der Waals surface area contributed by atoms with Crippen molar-refractivity contribution in [2.24, 2.45) is 0 Å². The molecule has 4 aliphatic rings. The van der Waals surface area contributed by atoms with Gasteiger partial charge < -0.3 is 54.6 Å². The molecule has 21 nitrogen and oxygen atoms in total. The van der Waals surface area contributed by atoms with Gasteiger partial charge in [-0.15, -0.1) is 0 Å². The van der Waals surface area contributed by atoms with Crippen LogP contribution in [-0.4, -0.2) is 142 Å². The number of nitrogens with one attached hydrogen (secondary N) is 1. The number of benzene rings is 1. The van der Waals surface area contributed by atoms with Crippen LogP contribution < -0.4 is 20.5 Å². The Bertz CT molecular complexity index is 2160. The Balaban J connectivity index is 0.000000160. The number of aromatic nitrogens is 8. The lowest BCUT2D eigenvalue weighted by atomic mass is 9.86. The van der Waals surface area contributed by atoms with Crippen molar-refractivity contribution in [1.82, 2.24) is 39.0 Å². The summed E-state index contributed by atoms with van der Waals surface area (Å²) in [5.41, 5.74) is 5.78. The Morgan fingerprint density at radius 1 is 0.833 bits per heavy atom. The number of anilines is 2. The number of ether oxygens (including phenoxy) is 6. The number of carbonyl (C=O) groups excluding carboxylic acids is 1. The van der Waals surface area contributed by atoms with Crippen LogP contribution in [0, 0.1) is 0 Å². The zero-order valence-electron chi connectivity index (χ0n) is 29.0. The van der Waals surface area contributed by atoms with Crippen LogP contribution in [0.3, 0.4) is 0 Å². The molecule has 8 atom stereocenters. The molecule has 0 aliphatic carbocycles. The topological polar surface area (TPSA) is 279 Å². The molecular formula is C33H38N10O11. The summed E-state index contributed by atoms with van der Waals surface area (Å²) in [6.45, 7) is 0.322. The summed E-state index contributed by atoms with van der Waals surface area (Å²) >= 11 is 0. The van der Waals surface area contributed by atoms with Gasteiger partial charge in [0.2, 0.25) is 23.7 Å². The first-order chi connectivity index (χ1) is 26.2. The van der Waals surface area contributed by atoms with Gasteiger partial charge in [-0.3, -0.25) is 19.2 Å². The highest BCUT2D eigenvalue weighted by Gasteiger charge is 2.63. The van der Waals surface area contributed by atoms with Crippen LogP contribution in [0.2, 0.25) is 0 Å². The summed E-state index contributed by atoms with van der Waals surface area (Å²) in [4.78, 5) is 38.0. The Morgan fingerprint density at radius 3 is 1.80 bits per heavy atom. The summed E-state index contributed by atoms with van der Waals surface area (Å²) in [6, 6.07) is 8.68. The highest BCUT2D eigenvalue weighted by molar-refractivity contribution is 6.03. The molecule has 286 valence electrons. The molecule has 7 N–H and O–H groups in total. The predicted molar refractivity (Wildman–Crippen MR) is 183 cm³/mol. The fraction of sp³-hybridized carbons (Fsp3) is 0.485. The lowest BCUT2D eigenvalue weighted by Gasteiger charge is -2.44. The average molecular weight is 751 g/mol. The van der Waals surface area contributed by atoms with Crippen molar-refractivity contribution in [3.05, 3.63) is 48.5 Å². The minimum atomic E-state index is -1.01. The van der Waals surface area contributed by atoms with Crippen molar-refractivity contribution < 1.29 is 53.6 Å². The van der Waals surface area contributed by atoms with E-state index in [9.17, 15) is 25.2 Å². The van der Waals surface area contributed by atoms with Crippen molar-refractivity contribution in [2.45, 2.75) is 60.9 Å². The molecule has 4 aliphatic heterocycles. The second-order valence-electron chi connectivity index (χ2n) is 13.0. The molecule has 1 amide bonds. The Labute approximate surface area is 305 Å². The number of fused-ring (bicyclic) bond motifs is 2. The summed E-state index contributed by atoms with van der Waals surface area (Å²) in [6.07, 6.45) is -0.764. The monoisotopic (exact) mass is 750 g/mol. The number of nitrogen functional groups attached to an aromatic ring is 1. The van der Waals surface area contributed by atoms with E-state index >= 15 is 0 Å². The molecule has 5 aromatic rings. The van der Waals surface area contributed by atoms with Gasteiger partial charge in [-0.05, 0) is 12.1 Å². The third kappa shape index (κ3) is 5.59. The molecule has 4 saturated heterocycles. The van der Waals surface area contributed by atoms with E-state index in [1.807, 2.05) is 6.07 Å². The van der Waals surface area contributed by atoms with E-state index in [0.29, 0.717) is 53.9 Å². The highest BCUT2D eigenvalue weighted by Crippen LogP contribution is 2.50. The maximum atomic E-state index is 12.6. The molecule has 0 saturated carbocycles. The van der Waals surface area contributed by atoms with Crippen molar-refractivity contribution in [2.75, 3.05) is 51.7 Å². The number of aliphatic hydroxyl groups excluding tert-OH is 4. The number of methoxy groups -OCH3 is 2. The van der Waals surface area contributed by atoms with Crippen LogP contribution in [0.1, 0.15) is 35.7 Å². The lowest BCUT2D eigenvalue weighted by molar-refractivity contribution is -0.225. The highest BCUT2D eigenvalue weighted by atomic mass is 16.6. The largest absolute Gasteiger partial charge is 0.479 e.